The highest BCUT2D eigenvalue weighted by atomic mass is 32.2. The molecule has 1 unspecified atom stereocenters. The molecule has 0 saturated carbocycles. The quantitative estimate of drug-likeness (QED) is 0.601. The lowest BCUT2D eigenvalue weighted by molar-refractivity contribution is 0.483. The molecule has 1 rings (SSSR count). The molecule has 0 aromatic heterocycles. The molecule has 0 saturated heterocycles. The lowest BCUT2D eigenvalue weighted by atomic mass is 10.2. The molecular formula is C7H7O5S2-. The Labute approximate surface area is 83.8 Å². The summed E-state index contributed by atoms with van der Waals surface area (Å²) in [7, 11) is -4.26. The molecule has 1 N–H and O–H groups in total. The second-order valence-corrected chi connectivity index (χ2v) is 4.89. The van der Waals surface area contributed by atoms with Crippen molar-refractivity contribution in [1.29, 1.82) is 0 Å². The van der Waals surface area contributed by atoms with Gasteiger partial charge in [0.1, 0.15) is 0 Å². The Kier molecular flexibility index (Phi) is 3.38. The summed E-state index contributed by atoms with van der Waals surface area (Å²) >= 11 is -2.28. The fourth-order valence-corrected chi connectivity index (χ4v) is 1.93. The van der Waals surface area contributed by atoms with Crippen LogP contribution >= 0.6 is 0 Å². The van der Waals surface area contributed by atoms with E-state index in [0.29, 0.717) is 5.56 Å². The molecule has 0 bridgehead atoms. The van der Waals surface area contributed by atoms with E-state index < -0.39 is 21.2 Å². The highest BCUT2D eigenvalue weighted by molar-refractivity contribution is 7.85. The van der Waals surface area contributed by atoms with Gasteiger partial charge in [0.15, 0.2) is 0 Å². The number of benzene rings is 1. The molecule has 1 aromatic rings. The third kappa shape index (κ3) is 3.18. The Bertz CT molecular complexity index is 451. The minimum absolute atomic E-state index is 0.274. The monoisotopic (exact) mass is 235 g/mol. The number of rotatable bonds is 3. The van der Waals surface area contributed by atoms with Crippen molar-refractivity contribution in [3.05, 3.63) is 29.8 Å². The topological polar surface area (TPSA) is 94.5 Å². The van der Waals surface area contributed by atoms with Crippen LogP contribution in [-0.4, -0.2) is 21.7 Å². The van der Waals surface area contributed by atoms with Crippen LogP contribution in [0.3, 0.4) is 0 Å². The van der Waals surface area contributed by atoms with Gasteiger partial charge in [-0.1, -0.05) is 23.2 Å². The lowest BCUT2D eigenvalue weighted by Crippen LogP contribution is -2.00. The highest BCUT2D eigenvalue weighted by Crippen LogP contribution is 2.11. The van der Waals surface area contributed by atoms with Crippen molar-refractivity contribution in [2.75, 3.05) is 0 Å². The van der Waals surface area contributed by atoms with Crippen LogP contribution in [0.4, 0.5) is 0 Å². The highest BCUT2D eigenvalue weighted by Gasteiger charge is 2.09. The molecule has 0 aliphatic carbocycles. The van der Waals surface area contributed by atoms with E-state index >= 15 is 0 Å². The van der Waals surface area contributed by atoms with Gasteiger partial charge >= 0.3 is 0 Å². The summed E-state index contributed by atoms with van der Waals surface area (Å²) in [6.07, 6.45) is 0. The van der Waals surface area contributed by atoms with E-state index in [4.69, 9.17) is 4.55 Å². The Hall–Kier alpha value is -0.760. The standard InChI is InChI=1S/C7H8O5S2/c8-13(9)5-6-2-1-3-7(4-6)14(10,11)12/h1-4H,5H2,(H,8,9)(H,10,11,12)/p-1. The van der Waals surface area contributed by atoms with Gasteiger partial charge in [-0.2, -0.15) is 8.42 Å². The summed E-state index contributed by atoms with van der Waals surface area (Å²) in [4.78, 5) is -0.305. The molecule has 7 heteroatoms. The summed E-state index contributed by atoms with van der Waals surface area (Å²) in [5.74, 6) is -0.274. The molecule has 0 heterocycles. The predicted molar refractivity (Wildman–Crippen MR) is 48.9 cm³/mol. The molecule has 0 radical (unpaired) electrons. The summed E-state index contributed by atoms with van der Waals surface area (Å²) in [5, 5.41) is 0. The first-order valence-corrected chi connectivity index (χ1v) is 6.20. The van der Waals surface area contributed by atoms with Crippen molar-refractivity contribution < 1.29 is 21.7 Å². The molecule has 1 aromatic carbocycles. The molecule has 5 nitrogen and oxygen atoms in total. The third-order valence-electron chi connectivity index (χ3n) is 1.48. The van der Waals surface area contributed by atoms with Crippen molar-refractivity contribution >= 4 is 21.2 Å². The van der Waals surface area contributed by atoms with Crippen molar-refractivity contribution in [2.24, 2.45) is 0 Å². The maximum Gasteiger partial charge on any atom is 0.294 e. The van der Waals surface area contributed by atoms with Crippen LogP contribution in [0.25, 0.3) is 0 Å². The average molecular weight is 235 g/mol. The van der Waals surface area contributed by atoms with Gasteiger partial charge in [0.05, 0.1) is 4.90 Å². The maximum absolute atomic E-state index is 10.7. The van der Waals surface area contributed by atoms with Gasteiger partial charge in [0, 0.05) is 5.75 Å². The first-order valence-electron chi connectivity index (χ1n) is 3.52. The maximum atomic E-state index is 10.7. The van der Waals surface area contributed by atoms with Gasteiger partial charge in [-0.05, 0) is 17.7 Å². The summed E-state index contributed by atoms with van der Waals surface area (Å²) < 4.78 is 50.6. The zero-order valence-corrected chi connectivity index (χ0v) is 8.55. The van der Waals surface area contributed by atoms with E-state index in [-0.39, 0.29) is 10.6 Å². The Morgan fingerprint density at radius 3 is 2.57 bits per heavy atom. The molecule has 78 valence electrons. The van der Waals surface area contributed by atoms with E-state index in [0.717, 1.165) is 6.07 Å². The van der Waals surface area contributed by atoms with E-state index in [1.807, 2.05) is 0 Å². The largest absolute Gasteiger partial charge is 0.772 e. The smallest absolute Gasteiger partial charge is 0.294 e. The Balaban J connectivity index is 3.08. The molecule has 0 aliphatic heterocycles. The minimum atomic E-state index is -4.26. The molecule has 0 spiro atoms. The van der Waals surface area contributed by atoms with Crippen LogP contribution in [0, 0.1) is 0 Å². The van der Waals surface area contributed by atoms with Crippen LogP contribution < -0.4 is 0 Å². The Morgan fingerprint density at radius 1 is 1.43 bits per heavy atom. The van der Waals surface area contributed by atoms with Gasteiger partial charge in [-0.15, -0.1) is 0 Å². The van der Waals surface area contributed by atoms with Gasteiger partial charge in [0.2, 0.25) is 0 Å². The van der Waals surface area contributed by atoms with Gasteiger partial charge in [-0.25, -0.2) is 0 Å². The molecule has 14 heavy (non-hydrogen) atoms. The van der Waals surface area contributed by atoms with Gasteiger partial charge in [0.25, 0.3) is 10.1 Å². The van der Waals surface area contributed by atoms with E-state index in [2.05, 4.69) is 0 Å². The fraction of sp³-hybridized carbons (Fsp3) is 0.143. The van der Waals surface area contributed by atoms with Crippen molar-refractivity contribution in [2.45, 2.75) is 10.6 Å². The molecule has 1 atom stereocenters. The zero-order chi connectivity index (χ0) is 10.8. The van der Waals surface area contributed by atoms with Crippen LogP contribution in [-0.2, 0) is 27.0 Å². The van der Waals surface area contributed by atoms with E-state index in [1.165, 1.54) is 18.2 Å². The second kappa shape index (κ2) is 4.18. The van der Waals surface area contributed by atoms with E-state index in [9.17, 15) is 17.2 Å². The van der Waals surface area contributed by atoms with Crippen LogP contribution in [0.5, 0.6) is 0 Å². The van der Waals surface area contributed by atoms with Crippen molar-refractivity contribution in [3.8, 4) is 0 Å². The zero-order valence-electron chi connectivity index (χ0n) is 6.91. The minimum Gasteiger partial charge on any atom is -0.772 e. The molecule has 0 aliphatic rings. The third-order valence-corrected chi connectivity index (χ3v) is 2.90. The summed E-state index contributed by atoms with van der Waals surface area (Å²) in [5.41, 5.74) is 0.313. The fourth-order valence-electron chi connectivity index (χ4n) is 0.932. The molecule has 0 fully saturated rings. The van der Waals surface area contributed by atoms with E-state index in [1.54, 1.807) is 0 Å². The number of hydrogen-bond donors (Lipinski definition) is 1. The van der Waals surface area contributed by atoms with Crippen LogP contribution in [0.1, 0.15) is 5.56 Å². The van der Waals surface area contributed by atoms with Crippen molar-refractivity contribution in [1.82, 2.24) is 0 Å². The molecule has 0 amide bonds. The van der Waals surface area contributed by atoms with Crippen molar-refractivity contribution in [3.63, 3.8) is 0 Å². The normalized spacial score (nSPS) is 13.9. The average Bonchev–Trinajstić information content (AvgIpc) is 2.01. The molecular weight excluding hydrogens is 228 g/mol. The summed E-state index contributed by atoms with van der Waals surface area (Å²) in [6.45, 7) is 0. The van der Waals surface area contributed by atoms with Gasteiger partial charge < -0.3 is 4.55 Å². The lowest BCUT2D eigenvalue weighted by Gasteiger charge is -2.05. The SMILES string of the molecule is O=S([O-])Cc1cccc(S(=O)(=O)O)c1. The van der Waals surface area contributed by atoms with Crippen LogP contribution in [0.15, 0.2) is 29.2 Å². The number of hydrogen-bond acceptors (Lipinski definition) is 4. The second-order valence-electron chi connectivity index (χ2n) is 2.57. The Morgan fingerprint density at radius 2 is 2.07 bits per heavy atom. The van der Waals surface area contributed by atoms with Crippen LogP contribution in [0.2, 0.25) is 0 Å². The predicted octanol–water partition coefficient (Wildman–Crippen LogP) is 0.312. The first kappa shape index (κ1) is 11.3. The summed E-state index contributed by atoms with van der Waals surface area (Å²) in [6, 6.07) is 5.13. The first-order chi connectivity index (χ1) is 6.39. The van der Waals surface area contributed by atoms with Gasteiger partial charge in [-0.3, -0.25) is 8.76 Å².